The lowest BCUT2D eigenvalue weighted by Gasteiger charge is -2.18. The van der Waals surface area contributed by atoms with Gasteiger partial charge in [0.1, 0.15) is 0 Å². The van der Waals surface area contributed by atoms with Crippen LogP contribution in [-0.2, 0) is 0 Å². The van der Waals surface area contributed by atoms with Crippen molar-refractivity contribution in [1.29, 1.82) is 10.5 Å². The van der Waals surface area contributed by atoms with Gasteiger partial charge in [-0.25, -0.2) is 0 Å². The van der Waals surface area contributed by atoms with E-state index in [9.17, 15) is 10.5 Å². The lowest BCUT2D eigenvalue weighted by Crippen LogP contribution is -1.96. The monoisotopic (exact) mass is 697 g/mol. The second-order valence-corrected chi connectivity index (χ2v) is 13.9. The van der Waals surface area contributed by atoms with Gasteiger partial charge in [-0.3, -0.25) is 0 Å². The largest absolute Gasteiger partial charge is 0.309 e. The topological polar surface area (TPSA) is 52.5 Å². The van der Waals surface area contributed by atoms with Gasteiger partial charge in [-0.2, -0.15) is 10.5 Å². The van der Waals surface area contributed by atoms with Crippen molar-refractivity contribution in [1.82, 2.24) is 4.57 Å². The molecule has 9 aromatic carbocycles. The molecule has 0 aliphatic heterocycles. The Labute approximate surface area is 318 Å². The summed E-state index contributed by atoms with van der Waals surface area (Å²) in [5.41, 5.74) is 13.2. The van der Waals surface area contributed by atoms with Crippen LogP contribution < -0.4 is 0 Å². The van der Waals surface area contributed by atoms with Gasteiger partial charge in [0.15, 0.2) is 0 Å². The lowest BCUT2D eigenvalue weighted by molar-refractivity contribution is 1.18. The van der Waals surface area contributed by atoms with Crippen molar-refractivity contribution in [3.05, 3.63) is 199 Å². The molecule has 0 spiro atoms. The number of fused-ring (bicyclic) bond motifs is 5. The predicted molar refractivity (Wildman–Crippen MR) is 227 cm³/mol. The highest BCUT2D eigenvalue weighted by molar-refractivity contribution is 6.21. The van der Waals surface area contributed by atoms with E-state index in [0.29, 0.717) is 11.1 Å². The third-order valence-corrected chi connectivity index (χ3v) is 10.8. The quantitative estimate of drug-likeness (QED) is 0.168. The van der Waals surface area contributed by atoms with E-state index in [2.05, 4.69) is 162 Å². The summed E-state index contributed by atoms with van der Waals surface area (Å²) in [4.78, 5) is 0. The highest BCUT2D eigenvalue weighted by Gasteiger charge is 2.18. The predicted octanol–water partition coefficient (Wildman–Crippen LogP) is 13.5. The summed E-state index contributed by atoms with van der Waals surface area (Å²) in [5, 5.41) is 26.9. The molecule has 3 heteroatoms. The normalized spacial score (nSPS) is 11.2. The maximum atomic E-state index is 10.2. The van der Waals surface area contributed by atoms with E-state index in [1.807, 2.05) is 42.5 Å². The Morgan fingerprint density at radius 2 is 0.800 bits per heavy atom. The number of aromatic nitrogens is 1. The van der Waals surface area contributed by atoms with E-state index >= 15 is 0 Å². The first-order chi connectivity index (χ1) is 27.2. The molecule has 55 heavy (non-hydrogen) atoms. The van der Waals surface area contributed by atoms with Crippen LogP contribution in [0.15, 0.2) is 188 Å². The number of nitriles is 2. The zero-order chi connectivity index (χ0) is 36.9. The average molecular weight is 698 g/mol. The van der Waals surface area contributed by atoms with Crippen LogP contribution in [0, 0.1) is 22.7 Å². The Bertz CT molecular complexity index is 3170. The first kappa shape index (κ1) is 32.0. The van der Waals surface area contributed by atoms with Gasteiger partial charge < -0.3 is 4.57 Å². The molecule has 0 fully saturated rings. The zero-order valence-corrected chi connectivity index (χ0v) is 29.7. The highest BCUT2D eigenvalue weighted by Crippen LogP contribution is 2.44. The summed E-state index contributed by atoms with van der Waals surface area (Å²) in [6.45, 7) is 0. The number of hydrogen-bond donors (Lipinski definition) is 0. The number of hydrogen-bond acceptors (Lipinski definition) is 2. The number of benzene rings is 9. The molecule has 0 N–H and O–H groups in total. The fourth-order valence-corrected chi connectivity index (χ4v) is 8.38. The maximum absolute atomic E-state index is 10.2. The first-order valence-corrected chi connectivity index (χ1v) is 18.4. The van der Waals surface area contributed by atoms with Gasteiger partial charge in [0.25, 0.3) is 0 Å². The van der Waals surface area contributed by atoms with Gasteiger partial charge in [0.2, 0.25) is 0 Å². The molecule has 10 rings (SSSR count). The Hall–Kier alpha value is -7.72. The molecule has 1 aromatic heterocycles. The van der Waals surface area contributed by atoms with Crippen LogP contribution in [-0.4, -0.2) is 4.57 Å². The van der Waals surface area contributed by atoms with Gasteiger partial charge in [0.05, 0.1) is 34.3 Å². The third kappa shape index (κ3) is 5.35. The average Bonchev–Trinajstić information content (AvgIpc) is 3.59. The minimum Gasteiger partial charge on any atom is -0.309 e. The Kier molecular flexibility index (Phi) is 7.58. The van der Waals surface area contributed by atoms with E-state index < -0.39 is 0 Å². The van der Waals surface area contributed by atoms with Crippen molar-refractivity contribution in [2.75, 3.05) is 0 Å². The fourth-order valence-electron chi connectivity index (χ4n) is 8.38. The van der Waals surface area contributed by atoms with Crippen molar-refractivity contribution in [3.63, 3.8) is 0 Å². The van der Waals surface area contributed by atoms with Crippen LogP contribution in [0.5, 0.6) is 0 Å². The van der Waals surface area contributed by atoms with Gasteiger partial charge in [-0.1, -0.05) is 133 Å². The molecular weight excluding hydrogens is 667 g/mol. The summed E-state index contributed by atoms with van der Waals surface area (Å²) >= 11 is 0. The Balaban J connectivity index is 1.11. The third-order valence-electron chi connectivity index (χ3n) is 10.8. The smallest absolute Gasteiger partial charge is 0.0992 e. The number of rotatable bonds is 5. The van der Waals surface area contributed by atoms with Crippen LogP contribution in [0.1, 0.15) is 11.1 Å². The molecule has 10 aromatic rings. The molecular formula is C52H31N3. The minimum absolute atomic E-state index is 0.581. The Morgan fingerprint density at radius 3 is 1.44 bits per heavy atom. The zero-order valence-electron chi connectivity index (χ0n) is 29.7. The molecule has 0 saturated heterocycles. The van der Waals surface area contributed by atoms with Gasteiger partial charge in [0, 0.05) is 16.5 Å². The summed E-state index contributed by atoms with van der Waals surface area (Å²) in [5.74, 6) is 0. The van der Waals surface area contributed by atoms with Crippen LogP contribution >= 0.6 is 0 Å². The van der Waals surface area contributed by atoms with E-state index in [-0.39, 0.29) is 0 Å². The molecule has 0 atom stereocenters. The molecule has 0 aliphatic rings. The SMILES string of the molecule is N#Cc1cc(-c2cccc(-c3cccc(-c4c5ccccc5c(-c5ccccc5)c5ccccc45)c3)c2)cc(-n2c3ccccc3c3cc(C#N)ccc32)c1. The molecule has 0 aliphatic carbocycles. The fraction of sp³-hybridized carbons (Fsp3) is 0. The molecule has 0 amide bonds. The van der Waals surface area contributed by atoms with Crippen LogP contribution in [0.4, 0.5) is 0 Å². The summed E-state index contributed by atoms with van der Waals surface area (Å²) in [6.07, 6.45) is 0. The summed E-state index contributed by atoms with van der Waals surface area (Å²) < 4.78 is 2.20. The molecule has 0 radical (unpaired) electrons. The molecule has 3 nitrogen and oxygen atoms in total. The molecule has 1 heterocycles. The van der Waals surface area contributed by atoms with E-state index in [4.69, 9.17) is 0 Å². The van der Waals surface area contributed by atoms with Gasteiger partial charge in [-0.15, -0.1) is 0 Å². The van der Waals surface area contributed by atoms with Crippen molar-refractivity contribution >= 4 is 43.4 Å². The van der Waals surface area contributed by atoms with Crippen molar-refractivity contribution in [2.45, 2.75) is 0 Å². The molecule has 0 bridgehead atoms. The maximum Gasteiger partial charge on any atom is 0.0992 e. The minimum atomic E-state index is 0.581. The standard InChI is InChI=1S/C52H31N3/c53-32-34-24-25-50-48(28-34)43-18-8-9-23-49(43)55(50)42-27-35(33-54)26-41(31-42)39-16-10-14-37(29-39)38-15-11-17-40(30-38)52-46-21-6-4-19-44(46)51(36-12-2-1-3-13-36)45-20-5-7-22-47(45)52/h1-31H. The van der Waals surface area contributed by atoms with Gasteiger partial charge in [-0.05, 0) is 121 Å². The number of para-hydroxylation sites is 1. The van der Waals surface area contributed by atoms with E-state index in [1.54, 1.807) is 0 Å². The van der Waals surface area contributed by atoms with E-state index in [0.717, 1.165) is 55.3 Å². The molecule has 0 unspecified atom stereocenters. The number of nitrogens with zero attached hydrogens (tertiary/aromatic N) is 3. The second-order valence-electron chi connectivity index (χ2n) is 13.9. The van der Waals surface area contributed by atoms with Crippen LogP contribution in [0.2, 0.25) is 0 Å². The summed E-state index contributed by atoms with van der Waals surface area (Å²) in [6, 6.07) is 70.4. The lowest BCUT2D eigenvalue weighted by atomic mass is 9.85. The summed E-state index contributed by atoms with van der Waals surface area (Å²) in [7, 11) is 0. The molecule has 0 saturated carbocycles. The first-order valence-electron chi connectivity index (χ1n) is 18.4. The van der Waals surface area contributed by atoms with E-state index in [1.165, 1.54) is 38.2 Å². The van der Waals surface area contributed by atoms with Crippen molar-refractivity contribution in [2.24, 2.45) is 0 Å². The Morgan fingerprint density at radius 1 is 0.309 bits per heavy atom. The van der Waals surface area contributed by atoms with Crippen LogP contribution in [0.25, 0.3) is 93.5 Å². The second kappa shape index (κ2) is 13.0. The highest BCUT2D eigenvalue weighted by atomic mass is 15.0. The van der Waals surface area contributed by atoms with Crippen LogP contribution in [0.3, 0.4) is 0 Å². The molecule has 254 valence electrons. The van der Waals surface area contributed by atoms with Crippen molar-refractivity contribution < 1.29 is 0 Å². The van der Waals surface area contributed by atoms with Gasteiger partial charge >= 0.3 is 0 Å². The van der Waals surface area contributed by atoms with Crippen molar-refractivity contribution in [3.8, 4) is 62.3 Å².